The largest absolute Gasteiger partial charge is 0.477 e. The smallest absolute Gasteiger partial charge is 0.345 e. The Morgan fingerprint density at radius 3 is 2.88 bits per heavy atom. The summed E-state index contributed by atoms with van der Waals surface area (Å²) >= 11 is 1.37. The van der Waals surface area contributed by atoms with Crippen LogP contribution in [0.25, 0.3) is 0 Å². The number of thiophene rings is 1. The summed E-state index contributed by atoms with van der Waals surface area (Å²) in [5.74, 6) is -0.0773. The van der Waals surface area contributed by atoms with Gasteiger partial charge in [-0.15, -0.1) is 11.3 Å². The molecule has 1 aromatic rings. The Kier molecular flexibility index (Phi) is 3.84. The second-order valence-electron chi connectivity index (χ2n) is 4.89. The SMILES string of the molecule is Cc1sc(C(=O)O)cc1CNC1CCCC1C. The summed E-state index contributed by atoms with van der Waals surface area (Å²) in [6.07, 6.45) is 3.86. The number of rotatable bonds is 4. The van der Waals surface area contributed by atoms with Crippen molar-refractivity contribution in [2.75, 3.05) is 0 Å². The predicted octanol–water partition coefficient (Wildman–Crippen LogP) is 3.03. The summed E-state index contributed by atoms with van der Waals surface area (Å²) in [4.78, 5) is 12.4. The first-order valence-corrected chi connectivity index (χ1v) is 6.95. The molecule has 1 aliphatic carbocycles. The number of hydrogen-bond donors (Lipinski definition) is 2. The summed E-state index contributed by atoms with van der Waals surface area (Å²) in [5, 5.41) is 12.5. The van der Waals surface area contributed by atoms with E-state index in [0.717, 1.165) is 22.9 Å². The molecule has 1 saturated carbocycles. The minimum absolute atomic E-state index is 0.443. The fraction of sp³-hybridized carbons (Fsp3) is 0.615. The summed E-state index contributed by atoms with van der Waals surface area (Å²) < 4.78 is 0. The third-order valence-electron chi connectivity index (χ3n) is 3.65. The van der Waals surface area contributed by atoms with Crippen LogP contribution in [0.3, 0.4) is 0 Å². The molecule has 1 aliphatic rings. The van der Waals surface area contributed by atoms with E-state index < -0.39 is 5.97 Å². The maximum Gasteiger partial charge on any atom is 0.345 e. The van der Waals surface area contributed by atoms with Gasteiger partial charge in [-0.25, -0.2) is 4.79 Å². The van der Waals surface area contributed by atoms with Gasteiger partial charge in [0.25, 0.3) is 0 Å². The van der Waals surface area contributed by atoms with Crippen LogP contribution in [0, 0.1) is 12.8 Å². The minimum Gasteiger partial charge on any atom is -0.477 e. The van der Waals surface area contributed by atoms with Crippen LogP contribution in [0.5, 0.6) is 0 Å². The van der Waals surface area contributed by atoms with Gasteiger partial charge in [0, 0.05) is 17.5 Å². The van der Waals surface area contributed by atoms with Gasteiger partial charge in [-0.3, -0.25) is 0 Å². The standard InChI is InChI=1S/C13H19NO2S/c1-8-4-3-5-11(8)14-7-10-6-12(13(15)16)17-9(10)2/h6,8,11,14H,3-5,7H2,1-2H3,(H,15,16). The summed E-state index contributed by atoms with van der Waals surface area (Å²) in [5.41, 5.74) is 1.13. The highest BCUT2D eigenvalue weighted by Gasteiger charge is 2.23. The lowest BCUT2D eigenvalue weighted by Crippen LogP contribution is -2.30. The third-order valence-corrected chi connectivity index (χ3v) is 4.73. The van der Waals surface area contributed by atoms with Crippen LogP contribution >= 0.6 is 11.3 Å². The third kappa shape index (κ3) is 2.87. The molecule has 2 rings (SSSR count). The highest BCUT2D eigenvalue weighted by Crippen LogP contribution is 2.26. The maximum atomic E-state index is 10.9. The van der Waals surface area contributed by atoms with Gasteiger partial charge < -0.3 is 10.4 Å². The van der Waals surface area contributed by atoms with E-state index in [1.807, 2.05) is 6.92 Å². The Bertz CT molecular complexity index is 414. The quantitative estimate of drug-likeness (QED) is 0.867. The van der Waals surface area contributed by atoms with Crippen LogP contribution < -0.4 is 5.32 Å². The molecule has 1 fully saturated rings. The molecule has 1 aromatic heterocycles. The van der Waals surface area contributed by atoms with Gasteiger partial charge in [-0.2, -0.15) is 0 Å². The molecule has 3 nitrogen and oxygen atoms in total. The van der Waals surface area contributed by atoms with Gasteiger partial charge in [-0.05, 0) is 37.3 Å². The Hall–Kier alpha value is -0.870. The van der Waals surface area contributed by atoms with Crippen molar-refractivity contribution in [1.29, 1.82) is 0 Å². The number of nitrogens with one attached hydrogen (secondary N) is 1. The zero-order valence-electron chi connectivity index (χ0n) is 10.3. The van der Waals surface area contributed by atoms with E-state index >= 15 is 0 Å². The van der Waals surface area contributed by atoms with Crippen molar-refractivity contribution in [2.45, 2.75) is 45.7 Å². The average molecular weight is 253 g/mol. The van der Waals surface area contributed by atoms with Crippen LogP contribution in [0.1, 0.15) is 46.3 Å². The first kappa shape index (κ1) is 12.6. The Morgan fingerprint density at radius 1 is 1.59 bits per heavy atom. The molecule has 2 unspecified atom stereocenters. The number of carboxylic acids is 1. The van der Waals surface area contributed by atoms with Crippen LogP contribution in [0.4, 0.5) is 0 Å². The Morgan fingerprint density at radius 2 is 2.35 bits per heavy atom. The van der Waals surface area contributed by atoms with Crippen molar-refractivity contribution in [3.8, 4) is 0 Å². The fourth-order valence-electron chi connectivity index (χ4n) is 2.49. The van der Waals surface area contributed by atoms with Gasteiger partial charge in [0.15, 0.2) is 0 Å². The van der Waals surface area contributed by atoms with Crippen molar-refractivity contribution in [3.63, 3.8) is 0 Å². The van der Waals surface area contributed by atoms with Crippen molar-refractivity contribution >= 4 is 17.3 Å². The van der Waals surface area contributed by atoms with Crippen LogP contribution in [-0.2, 0) is 6.54 Å². The molecular formula is C13H19NO2S. The van der Waals surface area contributed by atoms with Gasteiger partial charge in [-0.1, -0.05) is 13.3 Å². The van der Waals surface area contributed by atoms with E-state index in [4.69, 9.17) is 5.11 Å². The first-order chi connectivity index (χ1) is 8.08. The van der Waals surface area contributed by atoms with Crippen LogP contribution in [0.2, 0.25) is 0 Å². The molecule has 0 saturated heterocycles. The highest BCUT2D eigenvalue weighted by molar-refractivity contribution is 7.14. The first-order valence-electron chi connectivity index (χ1n) is 6.14. The Balaban J connectivity index is 1.96. The maximum absolute atomic E-state index is 10.9. The van der Waals surface area contributed by atoms with Gasteiger partial charge in [0.1, 0.15) is 4.88 Å². The van der Waals surface area contributed by atoms with Crippen LogP contribution in [-0.4, -0.2) is 17.1 Å². The number of hydrogen-bond acceptors (Lipinski definition) is 3. The molecule has 0 amide bonds. The normalized spacial score (nSPS) is 24.1. The highest BCUT2D eigenvalue weighted by atomic mass is 32.1. The number of aromatic carboxylic acids is 1. The zero-order valence-corrected chi connectivity index (χ0v) is 11.1. The van der Waals surface area contributed by atoms with Crippen LogP contribution in [0.15, 0.2) is 6.07 Å². The number of carboxylic acid groups (broad SMARTS) is 1. The lowest BCUT2D eigenvalue weighted by Gasteiger charge is -2.17. The molecule has 0 bridgehead atoms. The molecule has 2 N–H and O–H groups in total. The van der Waals surface area contributed by atoms with E-state index in [-0.39, 0.29) is 0 Å². The topological polar surface area (TPSA) is 49.3 Å². The molecule has 0 radical (unpaired) electrons. The van der Waals surface area contributed by atoms with E-state index in [1.165, 1.54) is 30.6 Å². The van der Waals surface area contributed by atoms with E-state index in [1.54, 1.807) is 6.07 Å². The van der Waals surface area contributed by atoms with Crippen molar-refractivity contribution < 1.29 is 9.90 Å². The second-order valence-corrected chi connectivity index (χ2v) is 6.15. The molecule has 2 atom stereocenters. The predicted molar refractivity (Wildman–Crippen MR) is 69.7 cm³/mol. The van der Waals surface area contributed by atoms with Gasteiger partial charge >= 0.3 is 5.97 Å². The molecule has 4 heteroatoms. The molecular weight excluding hydrogens is 234 g/mol. The number of carbonyl (C=O) groups is 1. The molecule has 0 aromatic carbocycles. The van der Waals surface area contributed by atoms with Crippen molar-refractivity contribution in [1.82, 2.24) is 5.32 Å². The molecule has 0 aliphatic heterocycles. The van der Waals surface area contributed by atoms with Gasteiger partial charge in [0.2, 0.25) is 0 Å². The van der Waals surface area contributed by atoms with Crippen molar-refractivity contribution in [2.24, 2.45) is 5.92 Å². The zero-order chi connectivity index (χ0) is 12.4. The average Bonchev–Trinajstić information content (AvgIpc) is 2.82. The summed E-state index contributed by atoms with van der Waals surface area (Å²) in [7, 11) is 0. The monoisotopic (exact) mass is 253 g/mol. The van der Waals surface area contributed by atoms with E-state index in [0.29, 0.717) is 10.9 Å². The molecule has 0 spiro atoms. The summed E-state index contributed by atoms with van der Waals surface area (Å²) in [6.45, 7) is 5.07. The molecule has 94 valence electrons. The molecule has 1 heterocycles. The lowest BCUT2D eigenvalue weighted by molar-refractivity contribution is 0.0702. The number of aryl methyl sites for hydroxylation is 1. The van der Waals surface area contributed by atoms with Gasteiger partial charge in [0.05, 0.1) is 0 Å². The fourth-order valence-corrected chi connectivity index (χ4v) is 3.37. The minimum atomic E-state index is -0.821. The summed E-state index contributed by atoms with van der Waals surface area (Å²) in [6, 6.07) is 2.40. The lowest BCUT2D eigenvalue weighted by atomic mass is 10.1. The van der Waals surface area contributed by atoms with E-state index in [2.05, 4.69) is 12.2 Å². The van der Waals surface area contributed by atoms with E-state index in [9.17, 15) is 4.79 Å². The molecule has 17 heavy (non-hydrogen) atoms. The Labute approximate surface area is 106 Å². The van der Waals surface area contributed by atoms with Crippen molar-refractivity contribution in [3.05, 3.63) is 21.4 Å². The second kappa shape index (κ2) is 5.19.